The van der Waals surface area contributed by atoms with Crippen molar-refractivity contribution >= 4 is 23.0 Å². The van der Waals surface area contributed by atoms with Crippen molar-refractivity contribution in [2.45, 2.75) is 0 Å². The van der Waals surface area contributed by atoms with Crippen LogP contribution in [0.15, 0.2) is 33.5 Å². The van der Waals surface area contributed by atoms with Crippen LogP contribution in [0.25, 0.3) is 17.0 Å². The molecule has 3 rings (SSSR count). The molecular formula is C13H8O5. The van der Waals surface area contributed by atoms with Crippen molar-refractivity contribution in [3.8, 4) is 5.75 Å². The number of carboxylic acids is 1. The maximum absolute atomic E-state index is 11.8. The van der Waals surface area contributed by atoms with Crippen LogP contribution in [0.3, 0.4) is 0 Å². The molecule has 0 radical (unpaired) electrons. The van der Waals surface area contributed by atoms with Crippen LogP contribution in [0.1, 0.15) is 16.1 Å². The minimum absolute atomic E-state index is 0.217. The standard InChI is InChI=1S/C13H8O5/c14-9-5-12(13(15)16)18-11-6-10-7(4-8(9)11)2-1-3-17-10/h1-2,4-6H,3H2,(H,15,16). The summed E-state index contributed by atoms with van der Waals surface area (Å²) in [5, 5.41) is 9.17. The first-order valence-corrected chi connectivity index (χ1v) is 5.30. The van der Waals surface area contributed by atoms with Gasteiger partial charge in [0.05, 0.1) is 5.39 Å². The minimum atomic E-state index is -1.27. The molecule has 1 N–H and O–H groups in total. The first kappa shape index (κ1) is 10.6. The summed E-state index contributed by atoms with van der Waals surface area (Å²) in [6.07, 6.45) is 3.68. The molecule has 1 aromatic heterocycles. The Labute approximate surface area is 101 Å². The van der Waals surface area contributed by atoms with E-state index in [1.807, 2.05) is 12.2 Å². The first-order valence-electron chi connectivity index (χ1n) is 5.30. The van der Waals surface area contributed by atoms with Gasteiger partial charge in [0.25, 0.3) is 0 Å². The van der Waals surface area contributed by atoms with E-state index >= 15 is 0 Å². The predicted octanol–water partition coefficient (Wildman–Crippen LogP) is 1.90. The molecule has 5 heteroatoms. The number of aromatic carboxylic acids is 1. The largest absolute Gasteiger partial charge is 0.489 e. The fraction of sp³-hybridized carbons (Fsp3) is 0.0769. The highest BCUT2D eigenvalue weighted by Crippen LogP contribution is 2.28. The number of rotatable bonds is 1. The molecule has 0 unspecified atom stereocenters. The summed E-state index contributed by atoms with van der Waals surface area (Å²) in [6.45, 7) is 0.446. The molecule has 1 aromatic carbocycles. The number of carbonyl (C=O) groups is 1. The lowest BCUT2D eigenvalue weighted by atomic mass is 10.1. The molecule has 1 aliphatic heterocycles. The lowest BCUT2D eigenvalue weighted by Gasteiger charge is -2.12. The molecule has 0 atom stereocenters. The zero-order valence-electron chi connectivity index (χ0n) is 9.17. The van der Waals surface area contributed by atoms with Crippen LogP contribution in [0.5, 0.6) is 5.75 Å². The molecule has 0 amide bonds. The topological polar surface area (TPSA) is 76.7 Å². The molecule has 0 saturated carbocycles. The third kappa shape index (κ3) is 1.57. The van der Waals surface area contributed by atoms with Gasteiger partial charge in [-0.15, -0.1) is 0 Å². The third-order valence-electron chi connectivity index (χ3n) is 2.70. The van der Waals surface area contributed by atoms with Crippen molar-refractivity contribution in [1.82, 2.24) is 0 Å². The summed E-state index contributed by atoms with van der Waals surface area (Å²) < 4.78 is 10.5. The van der Waals surface area contributed by atoms with Crippen LogP contribution in [0.2, 0.25) is 0 Å². The fourth-order valence-corrected chi connectivity index (χ4v) is 1.87. The SMILES string of the molecule is O=C(O)c1cc(=O)c2cc3c(cc2o1)OCC=C3. The van der Waals surface area contributed by atoms with Crippen LogP contribution < -0.4 is 10.2 Å². The second-order valence-electron chi connectivity index (χ2n) is 3.88. The van der Waals surface area contributed by atoms with Gasteiger partial charge in [-0.1, -0.05) is 6.08 Å². The highest BCUT2D eigenvalue weighted by atomic mass is 16.5. The van der Waals surface area contributed by atoms with E-state index in [4.69, 9.17) is 14.3 Å². The Morgan fingerprint density at radius 1 is 1.28 bits per heavy atom. The number of carboxylic acid groups (broad SMARTS) is 1. The smallest absolute Gasteiger partial charge is 0.371 e. The van der Waals surface area contributed by atoms with Crippen LogP contribution in [-0.4, -0.2) is 17.7 Å². The van der Waals surface area contributed by atoms with Crippen LogP contribution in [0.4, 0.5) is 0 Å². The molecule has 5 nitrogen and oxygen atoms in total. The Kier molecular flexibility index (Phi) is 2.19. The summed E-state index contributed by atoms with van der Waals surface area (Å²) in [6, 6.07) is 4.16. The van der Waals surface area contributed by atoms with Gasteiger partial charge in [0.15, 0.2) is 5.43 Å². The van der Waals surface area contributed by atoms with Crippen molar-refractivity contribution in [2.75, 3.05) is 6.61 Å². The Bertz CT molecular complexity index is 739. The Morgan fingerprint density at radius 2 is 2.11 bits per heavy atom. The molecule has 90 valence electrons. The quantitative estimate of drug-likeness (QED) is 0.828. The predicted molar refractivity (Wildman–Crippen MR) is 64.0 cm³/mol. The van der Waals surface area contributed by atoms with Gasteiger partial charge in [0.2, 0.25) is 5.76 Å². The molecule has 0 saturated heterocycles. The zero-order chi connectivity index (χ0) is 12.7. The van der Waals surface area contributed by atoms with Crippen molar-refractivity contribution < 1.29 is 19.1 Å². The Morgan fingerprint density at radius 3 is 2.89 bits per heavy atom. The Balaban J connectivity index is 2.35. The maximum atomic E-state index is 11.8. The van der Waals surface area contributed by atoms with Gasteiger partial charge in [-0.25, -0.2) is 4.79 Å². The van der Waals surface area contributed by atoms with E-state index in [9.17, 15) is 9.59 Å². The maximum Gasteiger partial charge on any atom is 0.371 e. The van der Waals surface area contributed by atoms with E-state index in [0.717, 1.165) is 11.6 Å². The van der Waals surface area contributed by atoms with Crippen molar-refractivity contribution in [1.29, 1.82) is 0 Å². The highest BCUT2D eigenvalue weighted by molar-refractivity contribution is 5.89. The summed E-state index contributed by atoms with van der Waals surface area (Å²) in [7, 11) is 0. The van der Waals surface area contributed by atoms with Gasteiger partial charge in [0, 0.05) is 17.7 Å². The Hall–Kier alpha value is -2.56. The molecular weight excluding hydrogens is 236 g/mol. The van der Waals surface area contributed by atoms with Crippen molar-refractivity contribution in [2.24, 2.45) is 0 Å². The molecule has 0 aliphatic carbocycles. The van der Waals surface area contributed by atoms with E-state index in [1.54, 1.807) is 12.1 Å². The number of hydrogen-bond acceptors (Lipinski definition) is 4. The van der Waals surface area contributed by atoms with E-state index < -0.39 is 5.97 Å². The van der Waals surface area contributed by atoms with Gasteiger partial charge in [-0.2, -0.15) is 0 Å². The van der Waals surface area contributed by atoms with Crippen molar-refractivity contribution in [3.05, 3.63) is 45.8 Å². The van der Waals surface area contributed by atoms with E-state index in [-0.39, 0.29) is 16.8 Å². The fourth-order valence-electron chi connectivity index (χ4n) is 1.87. The second-order valence-corrected chi connectivity index (χ2v) is 3.88. The first-order chi connectivity index (χ1) is 8.65. The van der Waals surface area contributed by atoms with Gasteiger partial charge >= 0.3 is 5.97 Å². The van der Waals surface area contributed by atoms with Crippen LogP contribution >= 0.6 is 0 Å². The van der Waals surface area contributed by atoms with E-state index in [2.05, 4.69) is 0 Å². The lowest BCUT2D eigenvalue weighted by Crippen LogP contribution is -2.08. The number of hydrogen-bond donors (Lipinski definition) is 1. The van der Waals surface area contributed by atoms with E-state index in [1.165, 1.54) is 0 Å². The molecule has 0 bridgehead atoms. The molecule has 0 spiro atoms. The van der Waals surface area contributed by atoms with Gasteiger partial charge in [0.1, 0.15) is 17.9 Å². The average molecular weight is 244 g/mol. The molecule has 2 heterocycles. The minimum Gasteiger partial charge on any atom is -0.489 e. The summed E-state index contributed by atoms with van der Waals surface area (Å²) in [4.78, 5) is 22.6. The number of benzene rings is 1. The molecule has 0 fully saturated rings. The number of fused-ring (bicyclic) bond motifs is 2. The van der Waals surface area contributed by atoms with Gasteiger partial charge in [-0.3, -0.25) is 4.79 Å². The van der Waals surface area contributed by atoms with Crippen molar-refractivity contribution in [3.63, 3.8) is 0 Å². The zero-order valence-corrected chi connectivity index (χ0v) is 9.17. The van der Waals surface area contributed by atoms with Gasteiger partial charge in [-0.05, 0) is 12.1 Å². The monoisotopic (exact) mass is 244 g/mol. The summed E-state index contributed by atoms with van der Waals surface area (Å²) in [5.74, 6) is -1.07. The van der Waals surface area contributed by atoms with Crippen LogP contribution in [-0.2, 0) is 0 Å². The third-order valence-corrected chi connectivity index (χ3v) is 2.70. The molecule has 1 aliphatic rings. The average Bonchev–Trinajstić information content (AvgIpc) is 2.36. The highest BCUT2D eigenvalue weighted by Gasteiger charge is 2.14. The van der Waals surface area contributed by atoms with Gasteiger partial charge < -0.3 is 14.3 Å². The van der Waals surface area contributed by atoms with E-state index in [0.29, 0.717) is 17.7 Å². The summed E-state index contributed by atoms with van der Waals surface area (Å²) >= 11 is 0. The second kappa shape index (κ2) is 3.73. The normalized spacial score (nSPS) is 13.1. The summed E-state index contributed by atoms with van der Waals surface area (Å²) in [5.41, 5.74) is 0.619. The number of ether oxygens (including phenoxy) is 1. The van der Waals surface area contributed by atoms with Crippen LogP contribution in [0, 0.1) is 0 Å². The molecule has 18 heavy (non-hydrogen) atoms. The lowest BCUT2D eigenvalue weighted by molar-refractivity contribution is 0.0663. The molecule has 2 aromatic rings.